The van der Waals surface area contributed by atoms with Crippen LogP contribution in [0.1, 0.15) is 12.5 Å². The van der Waals surface area contributed by atoms with Crippen molar-refractivity contribution in [3.63, 3.8) is 0 Å². The van der Waals surface area contributed by atoms with Gasteiger partial charge in [0.15, 0.2) is 11.6 Å². The number of thioether (sulfide) groups is 1. The molecule has 6 nitrogen and oxygen atoms in total. The molecule has 0 radical (unpaired) electrons. The molecule has 2 aromatic rings. The van der Waals surface area contributed by atoms with Gasteiger partial charge in [-0.1, -0.05) is 23.9 Å². The van der Waals surface area contributed by atoms with Crippen molar-refractivity contribution in [1.29, 1.82) is 0 Å². The normalized spacial score (nSPS) is 16.5. The fourth-order valence-corrected chi connectivity index (χ4v) is 3.61. The SMILES string of the molecule is CCOc1ccc(N=C2S/C(=C/c3cccc(F)c3O)C(O)=C2C(=O)OC)cc1. The first kappa shape index (κ1) is 20.5. The summed E-state index contributed by atoms with van der Waals surface area (Å²) in [5, 5.41) is 20.6. The van der Waals surface area contributed by atoms with Crippen molar-refractivity contribution in [3.05, 3.63) is 70.1 Å². The van der Waals surface area contributed by atoms with Crippen LogP contribution in [-0.2, 0) is 9.53 Å². The highest BCUT2D eigenvalue weighted by Gasteiger charge is 2.33. The average molecular weight is 415 g/mol. The molecule has 2 N–H and O–H groups in total. The smallest absolute Gasteiger partial charge is 0.344 e. The number of esters is 1. The molecule has 0 amide bonds. The van der Waals surface area contributed by atoms with E-state index in [2.05, 4.69) is 4.99 Å². The molecule has 0 spiro atoms. The molecular formula is C21H18FNO5S. The predicted molar refractivity (Wildman–Crippen MR) is 110 cm³/mol. The van der Waals surface area contributed by atoms with Crippen LogP contribution >= 0.6 is 11.8 Å². The van der Waals surface area contributed by atoms with Gasteiger partial charge < -0.3 is 19.7 Å². The predicted octanol–water partition coefficient (Wildman–Crippen LogP) is 4.73. The van der Waals surface area contributed by atoms with Crippen LogP contribution in [0.5, 0.6) is 11.5 Å². The van der Waals surface area contributed by atoms with Gasteiger partial charge in [-0.3, -0.25) is 0 Å². The van der Waals surface area contributed by atoms with E-state index in [-0.39, 0.29) is 26.8 Å². The first-order valence-corrected chi connectivity index (χ1v) is 9.47. The zero-order valence-corrected chi connectivity index (χ0v) is 16.5. The summed E-state index contributed by atoms with van der Waals surface area (Å²) in [5.41, 5.74) is 0.596. The third kappa shape index (κ3) is 4.43. The molecule has 1 aliphatic heterocycles. The lowest BCUT2D eigenvalue weighted by atomic mass is 10.1. The van der Waals surface area contributed by atoms with Gasteiger partial charge in [-0.05, 0) is 43.3 Å². The van der Waals surface area contributed by atoms with Crippen molar-refractivity contribution in [1.82, 2.24) is 0 Å². The number of rotatable bonds is 5. The van der Waals surface area contributed by atoms with Gasteiger partial charge in [0.2, 0.25) is 0 Å². The number of carbonyl (C=O) groups excluding carboxylic acids is 1. The minimum Gasteiger partial charge on any atom is -0.506 e. The highest BCUT2D eigenvalue weighted by Crippen LogP contribution is 2.41. The average Bonchev–Trinajstić information content (AvgIpc) is 3.01. The summed E-state index contributed by atoms with van der Waals surface area (Å²) in [4.78, 5) is 16.8. The monoisotopic (exact) mass is 415 g/mol. The molecule has 0 saturated carbocycles. The molecule has 0 unspecified atom stereocenters. The third-order valence-electron chi connectivity index (χ3n) is 3.96. The Balaban J connectivity index is 2.01. The number of hydrogen-bond acceptors (Lipinski definition) is 7. The quantitative estimate of drug-likeness (QED) is 0.686. The zero-order valence-electron chi connectivity index (χ0n) is 15.7. The second-order valence-electron chi connectivity index (χ2n) is 5.85. The second-order valence-corrected chi connectivity index (χ2v) is 6.88. The first-order valence-electron chi connectivity index (χ1n) is 8.65. The molecule has 1 aliphatic rings. The number of aliphatic hydroxyl groups is 1. The number of methoxy groups -OCH3 is 1. The van der Waals surface area contributed by atoms with E-state index < -0.39 is 17.5 Å². The van der Waals surface area contributed by atoms with Crippen molar-refractivity contribution in [2.45, 2.75) is 6.92 Å². The van der Waals surface area contributed by atoms with Crippen molar-refractivity contribution < 1.29 is 28.9 Å². The van der Waals surface area contributed by atoms with E-state index >= 15 is 0 Å². The van der Waals surface area contributed by atoms with Gasteiger partial charge >= 0.3 is 5.97 Å². The number of hydrogen-bond donors (Lipinski definition) is 2. The lowest BCUT2D eigenvalue weighted by Crippen LogP contribution is -2.10. The van der Waals surface area contributed by atoms with Gasteiger partial charge in [-0.2, -0.15) is 0 Å². The van der Waals surface area contributed by atoms with Gasteiger partial charge in [0.1, 0.15) is 22.1 Å². The maximum atomic E-state index is 13.6. The van der Waals surface area contributed by atoms with E-state index in [1.165, 1.54) is 25.3 Å². The molecule has 0 saturated heterocycles. The summed E-state index contributed by atoms with van der Waals surface area (Å²) in [5.74, 6) is -1.77. The lowest BCUT2D eigenvalue weighted by Gasteiger charge is -2.04. The van der Waals surface area contributed by atoms with Crippen LogP contribution in [0.3, 0.4) is 0 Å². The molecule has 8 heteroatoms. The third-order valence-corrected chi connectivity index (χ3v) is 4.98. The van der Waals surface area contributed by atoms with E-state index in [1.54, 1.807) is 24.3 Å². The number of carbonyl (C=O) groups is 1. The Kier molecular flexibility index (Phi) is 6.23. The van der Waals surface area contributed by atoms with E-state index in [9.17, 15) is 19.4 Å². The van der Waals surface area contributed by atoms with Crippen LogP contribution in [0.15, 0.2) is 63.7 Å². The Bertz CT molecular complexity index is 1030. The summed E-state index contributed by atoms with van der Waals surface area (Å²) in [6.45, 7) is 2.41. The van der Waals surface area contributed by atoms with Crippen LogP contribution in [0.25, 0.3) is 6.08 Å². The fourth-order valence-electron chi connectivity index (χ4n) is 2.58. The molecule has 29 heavy (non-hydrogen) atoms. The number of nitrogens with zero attached hydrogens (tertiary/aromatic N) is 1. The molecule has 0 bridgehead atoms. The van der Waals surface area contributed by atoms with Gasteiger partial charge in [0, 0.05) is 5.56 Å². The first-order chi connectivity index (χ1) is 13.9. The Labute approximate surface area is 171 Å². The number of benzene rings is 2. The van der Waals surface area contributed by atoms with Crippen LogP contribution in [0.4, 0.5) is 10.1 Å². The van der Waals surface area contributed by atoms with Gasteiger partial charge in [-0.15, -0.1) is 0 Å². The van der Waals surface area contributed by atoms with Crippen molar-refractivity contribution in [2.24, 2.45) is 4.99 Å². The Hall–Kier alpha value is -3.26. The second kappa shape index (κ2) is 8.83. The maximum absolute atomic E-state index is 13.6. The minimum atomic E-state index is -0.790. The highest BCUT2D eigenvalue weighted by atomic mass is 32.2. The summed E-state index contributed by atoms with van der Waals surface area (Å²) in [7, 11) is 1.20. The van der Waals surface area contributed by atoms with Gasteiger partial charge in [0.05, 0.1) is 24.3 Å². The maximum Gasteiger partial charge on any atom is 0.344 e. The molecular weight excluding hydrogens is 397 g/mol. The summed E-state index contributed by atoms with van der Waals surface area (Å²) in [6.07, 6.45) is 1.38. The molecule has 1 heterocycles. The number of para-hydroxylation sites is 1. The van der Waals surface area contributed by atoms with Gasteiger partial charge in [-0.25, -0.2) is 14.2 Å². The fraction of sp³-hybridized carbons (Fsp3) is 0.143. The van der Waals surface area contributed by atoms with Crippen molar-refractivity contribution in [3.8, 4) is 11.5 Å². The largest absolute Gasteiger partial charge is 0.506 e. The number of aliphatic hydroxyl groups excluding tert-OH is 1. The van der Waals surface area contributed by atoms with Crippen LogP contribution in [-0.4, -0.2) is 34.9 Å². The van der Waals surface area contributed by atoms with Crippen molar-refractivity contribution in [2.75, 3.05) is 13.7 Å². The molecule has 0 fully saturated rings. The number of phenolic OH excluding ortho intramolecular Hbond substituents is 1. The highest BCUT2D eigenvalue weighted by molar-refractivity contribution is 8.18. The zero-order chi connectivity index (χ0) is 21.0. The van der Waals surface area contributed by atoms with Crippen LogP contribution in [0.2, 0.25) is 0 Å². The molecule has 0 aliphatic carbocycles. The van der Waals surface area contributed by atoms with E-state index in [0.717, 1.165) is 17.8 Å². The topological polar surface area (TPSA) is 88.4 Å². The minimum absolute atomic E-state index is 0.103. The number of phenols is 1. The van der Waals surface area contributed by atoms with E-state index in [0.29, 0.717) is 18.0 Å². The van der Waals surface area contributed by atoms with E-state index in [1.807, 2.05) is 6.92 Å². The Morgan fingerprint density at radius 2 is 1.93 bits per heavy atom. The number of aliphatic imine (C=N–C) groups is 1. The number of aromatic hydroxyl groups is 1. The van der Waals surface area contributed by atoms with Crippen LogP contribution < -0.4 is 4.74 Å². The van der Waals surface area contributed by atoms with Crippen LogP contribution in [0, 0.1) is 5.82 Å². The van der Waals surface area contributed by atoms with E-state index in [4.69, 9.17) is 9.47 Å². The van der Waals surface area contributed by atoms with Gasteiger partial charge in [0.25, 0.3) is 0 Å². The number of ether oxygens (including phenoxy) is 2. The lowest BCUT2D eigenvalue weighted by molar-refractivity contribution is -0.135. The Morgan fingerprint density at radius 3 is 2.59 bits per heavy atom. The summed E-state index contributed by atoms with van der Waals surface area (Å²) in [6, 6.07) is 10.9. The molecule has 3 rings (SSSR count). The molecule has 150 valence electrons. The standard InChI is InChI=1S/C21H18FNO5S/c1-3-28-14-9-7-13(8-10-14)23-20-17(21(26)27-2)19(25)16(29-20)11-12-5-4-6-15(22)18(12)24/h4-11,24-25H,3H2,1-2H3/b16-11+,23-20?. The number of halogens is 1. The molecule has 2 aromatic carbocycles. The summed E-state index contributed by atoms with van der Waals surface area (Å²) >= 11 is 1.01. The Morgan fingerprint density at radius 1 is 1.21 bits per heavy atom. The molecule has 0 aromatic heterocycles. The van der Waals surface area contributed by atoms with Crippen molar-refractivity contribution >= 4 is 34.5 Å². The summed E-state index contributed by atoms with van der Waals surface area (Å²) < 4.78 is 23.7. The molecule has 0 atom stereocenters.